The first kappa shape index (κ1) is 18.7. The molecule has 0 aromatic heterocycles. The molecule has 1 aliphatic heterocycles. The van der Waals surface area contributed by atoms with Crippen LogP contribution in [0.25, 0.3) is 0 Å². The van der Waals surface area contributed by atoms with Gasteiger partial charge in [0.2, 0.25) is 16.8 Å². The first-order chi connectivity index (χ1) is 12.8. The molecule has 2 aromatic rings. The molecule has 0 fully saturated rings. The third kappa shape index (κ3) is 4.20. The number of ether oxygens (including phenoxy) is 3. The zero-order chi connectivity index (χ0) is 19.6. The molecule has 0 unspecified atom stereocenters. The second kappa shape index (κ2) is 7.28. The summed E-state index contributed by atoms with van der Waals surface area (Å²) in [6.07, 6.45) is 1.08. The van der Waals surface area contributed by atoms with E-state index in [1.807, 2.05) is 0 Å². The van der Waals surface area contributed by atoms with Crippen molar-refractivity contribution in [3.8, 4) is 11.5 Å². The highest BCUT2D eigenvalue weighted by atomic mass is 32.2. The topological polar surface area (TPSA) is 99.2 Å². The lowest BCUT2D eigenvalue weighted by Crippen LogP contribution is -2.24. The van der Waals surface area contributed by atoms with Crippen LogP contribution in [0.2, 0.25) is 0 Å². The van der Waals surface area contributed by atoms with Crippen LogP contribution in [0.3, 0.4) is 0 Å². The molecule has 1 aliphatic rings. The van der Waals surface area contributed by atoms with Crippen molar-refractivity contribution in [3.05, 3.63) is 53.6 Å². The number of hydrogen-bond donors (Lipinski definition) is 0. The van der Waals surface area contributed by atoms with Gasteiger partial charge < -0.3 is 14.2 Å². The fourth-order valence-electron chi connectivity index (χ4n) is 2.37. The summed E-state index contributed by atoms with van der Waals surface area (Å²) < 4.78 is 39.5. The van der Waals surface area contributed by atoms with Gasteiger partial charge in [-0.15, -0.1) is 0 Å². The molecule has 0 atom stereocenters. The maximum absolute atomic E-state index is 12.2. The number of nitrogens with zero attached hydrogens (tertiary/aromatic N) is 1. The van der Waals surface area contributed by atoms with E-state index in [1.54, 1.807) is 6.07 Å². The SMILES string of the molecule is CN(c1ccc(C(=O)COC(=O)c2ccc3c(c2)OCO3)cc1)S(C)(=O)=O. The maximum atomic E-state index is 12.2. The van der Waals surface area contributed by atoms with Gasteiger partial charge in [-0.3, -0.25) is 9.10 Å². The van der Waals surface area contributed by atoms with E-state index >= 15 is 0 Å². The van der Waals surface area contributed by atoms with Crippen LogP contribution in [-0.4, -0.2) is 46.9 Å². The summed E-state index contributed by atoms with van der Waals surface area (Å²) >= 11 is 0. The predicted octanol–water partition coefficient (Wildman–Crippen LogP) is 1.85. The summed E-state index contributed by atoms with van der Waals surface area (Å²) in [5, 5.41) is 0. The van der Waals surface area contributed by atoms with Gasteiger partial charge in [-0.05, 0) is 42.5 Å². The molecular weight excluding hydrogens is 374 g/mol. The van der Waals surface area contributed by atoms with Gasteiger partial charge in [-0.25, -0.2) is 13.2 Å². The Morgan fingerprint density at radius 3 is 2.33 bits per heavy atom. The Balaban J connectivity index is 1.61. The number of benzene rings is 2. The van der Waals surface area contributed by atoms with Crippen molar-refractivity contribution < 1.29 is 32.2 Å². The van der Waals surface area contributed by atoms with Crippen LogP contribution in [-0.2, 0) is 14.8 Å². The Morgan fingerprint density at radius 1 is 1.04 bits per heavy atom. The van der Waals surface area contributed by atoms with Crippen molar-refractivity contribution in [2.24, 2.45) is 0 Å². The molecule has 1 heterocycles. The zero-order valence-corrected chi connectivity index (χ0v) is 15.5. The molecule has 27 heavy (non-hydrogen) atoms. The molecule has 0 saturated heterocycles. The number of carbonyl (C=O) groups excluding carboxylic acids is 2. The summed E-state index contributed by atoms with van der Waals surface area (Å²) in [5.74, 6) is -0.0733. The standard InChI is InChI=1S/C18H17NO7S/c1-19(27(2,22)23)14-6-3-12(4-7-14)15(20)10-24-18(21)13-5-8-16-17(9-13)26-11-25-16/h3-9H,10-11H2,1-2H3. The van der Waals surface area contributed by atoms with Gasteiger partial charge in [0.05, 0.1) is 17.5 Å². The van der Waals surface area contributed by atoms with E-state index in [9.17, 15) is 18.0 Å². The van der Waals surface area contributed by atoms with Crippen LogP contribution in [0, 0.1) is 0 Å². The van der Waals surface area contributed by atoms with Gasteiger partial charge >= 0.3 is 5.97 Å². The molecule has 0 saturated carbocycles. The molecule has 8 nitrogen and oxygen atoms in total. The zero-order valence-electron chi connectivity index (χ0n) is 14.7. The first-order valence-corrected chi connectivity index (χ1v) is 9.74. The Hall–Kier alpha value is -3.07. The minimum absolute atomic E-state index is 0.0941. The second-order valence-electron chi connectivity index (χ2n) is 5.84. The van der Waals surface area contributed by atoms with Crippen LogP contribution in [0.15, 0.2) is 42.5 Å². The molecule has 0 aliphatic carbocycles. The number of rotatable bonds is 6. The summed E-state index contributed by atoms with van der Waals surface area (Å²) in [6.45, 7) is -0.342. The van der Waals surface area contributed by atoms with E-state index in [4.69, 9.17) is 14.2 Å². The van der Waals surface area contributed by atoms with Crippen LogP contribution in [0.5, 0.6) is 11.5 Å². The fourth-order valence-corrected chi connectivity index (χ4v) is 2.87. The van der Waals surface area contributed by atoms with Gasteiger partial charge in [0, 0.05) is 12.6 Å². The molecule has 0 amide bonds. The van der Waals surface area contributed by atoms with Gasteiger partial charge in [-0.2, -0.15) is 0 Å². The highest BCUT2D eigenvalue weighted by Crippen LogP contribution is 2.32. The number of hydrogen-bond acceptors (Lipinski definition) is 7. The van der Waals surface area contributed by atoms with Gasteiger partial charge in [0.25, 0.3) is 0 Å². The first-order valence-electron chi connectivity index (χ1n) is 7.89. The number of carbonyl (C=O) groups is 2. The minimum atomic E-state index is -3.39. The normalized spacial score (nSPS) is 12.5. The van der Waals surface area contributed by atoms with E-state index in [1.165, 1.54) is 43.4 Å². The van der Waals surface area contributed by atoms with Crippen LogP contribution < -0.4 is 13.8 Å². The molecule has 3 rings (SSSR count). The summed E-state index contributed by atoms with van der Waals surface area (Å²) in [7, 11) is -1.97. The Kier molecular flexibility index (Phi) is 5.04. The molecule has 0 radical (unpaired) electrons. The number of Topliss-reactive ketones (excluding diaryl/α,β-unsaturated/α-hetero) is 1. The minimum Gasteiger partial charge on any atom is -0.454 e. The van der Waals surface area contributed by atoms with Crippen LogP contribution in [0.1, 0.15) is 20.7 Å². The summed E-state index contributed by atoms with van der Waals surface area (Å²) in [6, 6.07) is 10.6. The Morgan fingerprint density at radius 2 is 1.67 bits per heavy atom. The number of sulfonamides is 1. The Labute approximate surface area is 156 Å². The molecule has 142 valence electrons. The maximum Gasteiger partial charge on any atom is 0.338 e. The summed E-state index contributed by atoms with van der Waals surface area (Å²) in [4.78, 5) is 24.3. The van der Waals surface area contributed by atoms with E-state index in [-0.39, 0.29) is 12.4 Å². The van der Waals surface area contributed by atoms with Crippen molar-refractivity contribution in [1.82, 2.24) is 0 Å². The van der Waals surface area contributed by atoms with Crippen molar-refractivity contribution in [2.75, 3.05) is 31.0 Å². The molecular formula is C18H17NO7S. The van der Waals surface area contributed by atoms with Gasteiger partial charge in [0.1, 0.15) is 0 Å². The number of ketones is 1. The molecule has 0 spiro atoms. The highest BCUT2D eigenvalue weighted by molar-refractivity contribution is 7.92. The van der Waals surface area contributed by atoms with Crippen molar-refractivity contribution in [1.29, 1.82) is 0 Å². The average molecular weight is 391 g/mol. The lowest BCUT2D eigenvalue weighted by atomic mass is 10.1. The number of esters is 1. The Bertz CT molecular complexity index is 983. The molecule has 9 heteroatoms. The number of anilines is 1. The largest absolute Gasteiger partial charge is 0.454 e. The third-order valence-electron chi connectivity index (χ3n) is 3.99. The van der Waals surface area contributed by atoms with E-state index in [0.717, 1.165) is 10.6 Å². The van der Waals surface area contributed by atoms with E-state index < -0.39 is 28.4 Å². The second-order valence-corrected chi connectivity index (χ2v) is 7.86. The molecule has 0 bridgehead atoms. The average Bonchev–Trinajstić information content (AvgIpc) is 3.12. The summed E-state index contributed by atoms with van der Waals surface area (Å²) in [5.41, 5.74) is 0.975. The highest BCUT2D eigenvalue weighted by Gasteiger charge is 2.18. The molecule has 0 N–H and O–H groups in total. The fraction of sp³-hybridized carbons (Fsp3) is 0.222. The quantitative estimate of drug-likeness (QED) is 0.547. The smallest absolute Gasteiger partial charge is 0.338 e. The van der Waals surface area contributed by atoms with E-state index in [2.05, 4.69) is 0 Å². The number of fused-ring (bicyclic) bond motifs is 1. The monoisotopic (exact) mass is 391 g/mol. The van der Waals surface area contributed by atoms with Crippen molar-refractivity contribution in [3.63, 3.8) is 0 Å². The molecule has 2 aromatic carbocycles. The third-order valence-corrected chi connectivity index (χ3v) is 5.20. The van der Waals surface area contributed by atoms with Gasteiger partial charge in [-0.1, -0.05) is 0 Å². The lowest BCUT2D eigenvalue weighted by Gasteiger charge is -2.16. The predicted molar refractivity (Wildman–Crippen MR) is 96.9 cm³/mol. The van der Waals surface area contributed by atoms with Crippen molar-refractivity contribution >= 4 is 27.5 Å². The van der Waals surface area contributed by atoms with Crippen LogP contribution in [0.4, 0.5) is 5.69 Å². The van der Waals surface area contributed by atoms with Crippen LogP contribution >= 0.6 is 0 Å². The lowest BCUT2D eigenvalue weighted by molar-refractivity contribution is 0.0474. The van der Waals surface area contributed by atoms with E-state index in [0.29, 0.717) is 22.7 Å². The van der Waals surface area contributed by atoms with Crippen molar-refractivity contribution in [2.45, 2.75) is 0 Å². The van der Waals surface area contributed by atoms with Gasteiger partial charge in [0.15, 0.2) is 23.9 Å².